The molecule has 1 rings (SSSR count). The molecule has 1 heterocycles. The van der Waals surface area contributed by atoms with Crippen LogP contribution in [0.25, 0.3) is 0 Å². The summed E-state index contributed by atoms with van der Waals surface area (Å²) < 4.78 is 12.3. The number of halogens is 1. The topological polar surface area (TPSA) is 83.0 Å². The van der Waals surface area contributed by atoms with Gasteiger partial charge in [0, 0.05) is 0 Å². The lowest BCUT2D eigenvalue weighted by Crippen LogP contribution is -2.16. The summed E-state index contributed by atoms with van der Waals surface area (Å²) in [6, 6.07) is 0. The first-order valence-electron chi connectivity index (χ1n) is 3.05. The van der Waals surface area contributed by atoms with Gasteiger partial charge in [-0.2, -0.15) is 4.39 Å². The second-order valence-electron chi connectivity index (χ2n) is 2.08. The van der Waals surface area contributed by atoms with Gasteiger partial charge in [0.15, 0.2) is 0 Å². The van der Waals surface area contributed by atoms with Crippen LogP contribution in [-0.2, 0) is 11.2 Å². The van der Waals surface area contributed by atoms with E-state index in [-0.39, 0.29) is 5.82 Å². The Morgan fingerprint density at radius 1 is 1.75 bits per heavy atom. The molecule has 64 valence electrons. The van der Waals surface area contributed by atoms with Crippen LogP contribution in [0.15, 0.2) is 11.0 Å². The highest BCUT2D eigenvalue weighted by Gasteiger charge is 2.04. The molecule has 1 aromatic heterocycles. The van der Waals surface area contributed by atoms with Crippen LogP contribution in [-0.4, -0.2) is 21.0 Å². The van der Waals surface area contributed by atoms with Crippen LogP contribution in [0.1, 0.15) is 5.82 Å². The summed E-state index contributed by atoms with van der Waals surface area (Å²) in [4.78, 5) is 26.0. The summed E-state index contributed by atoms with van der Waals surface area (Å²) in [5.74, 6) is -2.22. The number of carboxylic acid groups (broad SMARTS) is 1. The summed E-state index contributed by atoms with van der Waals surface area (Å²) in [6.45, 7) is 0. The van der Waals surface area contributed by atoms with Crippen molar-refractivity contribution >= 4 is 5.97 Å². The van der Waals surface area contributed by atoms with E-state index in [1.54, 1.807) is 0 Å². The zero-order valence-electron chi connectivity index (χ0n) is 5.87. The number of carbonyl (C=O) groups is 1. The summed E-state index contributed by atoms with van der Waals surface area (Å²) in [7, 11) is 0. The normalized spacial score (nSPS) is 9.75. The van der Waals surface area contributed by atoms with Crippen LogP contribution < -0.4 is 5.56 Å². The monoisotopic (exact) mass is 172 g/mol. The molecular formula is C6H5FN2O3. The van der Waals surface area contributed by atoms with Crippen molar-refractivity contribution < 1.29 is 14.3 Å². The van der Waals surface area contributed by atoms with Gasteiger partial charge in [0.1, 0.15) is 12.2 Å². The number of aromatic amines is 1. The molecule has 0 aromatic carbocycles. The van der Waals surface area contributed by atoms with Gasteiger partial charge in [-0.25, -0.2) is 4.98 Å². The largest absolute Gasteiger partial charge is 0.481 e. The number of aliphatic carboxylic acids is 1. The van der Waals surface area contributed by atoms with Crippen molar-refractivity contribution in [3.63, 3.8) is 0 Å². The van der Waals surface area contributed by atoms with E-state index in [0.717, 1.165) is 0 Å². The van der Waals surface area contributed by atoms with Gasteiger partial charge in [0.2, 0.25) is 5.82 Å². The molecule has 0 saturated carbocycles. The van der Waals surface area contributed by atoms with Gasteiger partial charge in [-0.3, -0.25) is 9.59 Å². The first-order chi connectivity index (χ1) is 5.59. The molecule has 6 heteroatoms. The zero-order valence-corrected chi connectivity index (χ0v) is 5.87. The Balaban J connectivity index is 2.97. The number of aromatic nitrogens is 2. The lowest BCUT2D eigenvalue weighted by Gasteiger charge is -1.94. The molecule has 0 bridgehead atoms. The maximum Gasteiger partial charge on any atom is 0.311 e. The Bertz CT molecular complexity index is 360. The second kappa shape index (κ2) is 3.12. The van der Waals surface area contributed by atoms with Crippen molar-refractivity contribution in [2.75, 3.05) is 0 Å². The van der Waals surface area contributed by atoms with Crippen molar-refractivity contribution in [1.29, 1.82) is 0 Å². The summed E-state index contributed by atoms with van der Waals surface area (Å²) in [5.41, 5.74) is -0.957. The van der Waals surface area contributed by atoms with E-state index >= 15 is 0 Å². The lowest BCUT2D eigenvalue weighted by molar-refractivity contribution is -0.136. The molecule has 0 saturated heterocycles. The maximum atomic E-state index is 12.3. The van der Waals surface area contributed by atoms with Gasteiger partial charge < -0.3 is 10.1 Å². The number of rotatable bonds is 2. The number of nitrogens with one attached hydrogen (secondary N) is 1. The first kappa shape index (κ1) is 8.38. The third-order valence-electron chi connectivity index (χ3n) is 1.13. The molecule has 0 aliphatic rings. The fourth-order valence-electron chi connectivity index (χ4n) is 0.649. The smallest absolute Gasteiger partial charge is 0.311 e. The molecule has 0 aliphatic carbocycles. The molecule has 12 heavy (non-hydrogen) atoms. The molecule has 2 N–H and O–H groups in total. The van der Waals surface area contributed by atoms with Crippen LogP contribution in [0, 0.1) is 5.82 Å². The third kappa shape index (κ3) is 1.88. The van der Waals surface area contributed by atoms with E-state index in [0.29, 0.717) is 6.20 Å². The lowest BCUT2D eigenvalue weighted by atomic mass is 10.4. The third-order valence-corrected chi connectivity index (χ3v) is 1.13. The van der Waals surface area contributed by atoms with Gasteiger partial charge in [-0.1, -0.05) is 0 Å². The van der Waals surface area contributed by atoms with Crippen LogP contribution in [0.5, 0.6) is 0 Å². The van der Waals surface area contributed by atoms with Crippen LogP contribution in [0.2, 0.25) is 0 Å². The highest BCUT2D eigenvalue weighted by atomic mass is 19.1. The SMILES string of the molecule is O=C(O)Cc1ncc(F)c(=O)[nH]1. The Morgan fingerprint density at radius 2 is 2.42 bits per heavy atom. The standard InChI is InChI=1S/C6H5FN2O3/c7-3-2-8-4(1-5(10)11)9-6(3)12/h2H,1H2,(H,10,11)(H,8,9,12). The molecule has 0 spiro atoms. The van der Waals surface area contributed by atoms with E-state index in [2.05, 4.69) is 4.98 Å². The zero-order chi connectivity index (χ0) is 9.14. The molecule has 0 amide bonds. The van der Waals surface area contributed by atoms with E-state index in [1.807, 2.05) is 4.98 Å². The van der Waals surface area contributed by atoms with Gasteiger partial charge in [-0.05, 0) is 0 Å². The van der Waals surface area contributed by atoms with Gasteiger partial charge in [0.25, 0.3) is 5.56 Å². The maximum absolute atomic E-state index is 12.3. The van der Waals surface area contributed by atoms with Crippen LogP contribution in [0.3, 0.4) is 0 Å². The minimum absolute atomic E-state index is 0.0612. The number of hydrogen-bond acceptors (Lipinski definition) is 3. The predicted octanol–water partition coefficient (Wildman–Crippen LogP) is -0.464. The predicted molar refractivity (Wildman–Crippen MR) is 36.2 cm³/mol. The minimum Gasteiger partial charge on any atom is -0.481 e. The van der Waals surface area contributed by atoms with E-state index in [1.165, 1.54) is 0 Å². The summed E-state index contributed by atoms with van der Waals surface area (Å²) >= 11 is 0. The molecule has 0 atom stereocenters. The van der Waals surface area contributed by atoms with Gasteiger partial charge in [0.05, 0.1) is 6.20 Å². The van der Waals surface area contributed by atoms with Gasteiger partial charge >= 0.3 is 5.97 Å². The Labute approximate surface area is 65.9 Å². The average molecular weight is 172 g/mol. The van der Waals surface area contributed by atoms with Crippen molar-refractivity contribution in [2.45, 2.75) is 6.42 Å². The Hall–Kier alpha value is -1.72. The van der Waals surface area contributed by atoms with Crippen LogP contribution in [0.4, 0.5) is 4.39 Å². The first-order valence-corrected chi connectivity index (χ1v) is 3.05. The number of carboxylic acids is 1. The molecular weight excluding hydrogens is 167 g/mol. The Morgan fingerprint density at radius 3 is 2.92 bits per heavy atom. The van der Waals surface area contributed by atoms with Crippen molar-refractivity contribution in [2.24, 2.45) is 0 Å². The molecule has 0 radical (unpaired) electrons. The molecule has 0 aliphatic heterocycles. The minimum atomic E-state index is -1.13. The number of H-pyrrole nitrogens is 1. The van der Waals surface area contributed by atoms with E-state index in [4.69, 9.17) is 5.11 Å². The van der Waals surface area contributed by atoms with Crippen molar-refractivity contribution in [3.8, 4) is 0 Å². The molecule has 5 nitrogen and oxygen atoms in total. The van der Waals surface area contributed by atoms with Crippen molar-refractivity contribution in [3.05, 3.63) is 28.2 Å². The highest BCUT2D eigenvalue weighted by Crippen LogP contribution is 1.88. The van der Waals surface area contributed by atoms with Crippen LogP contribution >= 0.6 is 0 Å². The molecule has 0 fully saturated rings. The van der Waals surface area contributed by atoms with Crippen molar-refractivity contribution in [1.82, 2.24) is 9.97 Å². The van der Waals surface area contributed by atoms with E-state index < -0.39 is 23.8 Å². The van der Waals surface area contributed by atoms with E-state index in [9.17, 15) is 14.0 Å². The quantitative estimate of drug-likeness (QED) is 0.632. The molecule has 0 unspecified atom stereocenters. The average Bonchev–Trinajstić information content (AvgIpc) is 1.96. The summed E-state index contributed by atoms with van der Waals surface area (Å²) in [6.07, 6.45) is 0.270. The fraction of sp³-hybridized carbons (Fsp3) is 0.167. The number of nitrogens with zero attached hydrogens (tertiary/aromatic N) is 1. The van der Waals surface area contributed by atoms with Gasteiger partial charge in [-0.15, -0.1) is 0 Å². The molecule has 1 aromatic rings. The highest BCUT2D eigenvalue weighted by molar-refractivity contribution is 5.68. The fourth-order valence-corrected chi connectivity index (χ4v) is 0.649. The Kier molecular flexibility index (Phi) is 2.18. The number of hydrogen-bond donors (Lipinski definition) is 2. The second-order valence-corrected chi connectivity index (χ2v) is 2.08. The summed E-state index contributed by atoms with van der Waals surface area (Å²) in [5, 5.41) is 8.27.